The highest BCUT2D eigenvalue weighted by atomic mass is 35.5. The predicted octanol–water partition coefficient (Wildman–Crippen LogP) is 2.05. The van der Waals surface area contributed by atoms with Gasteiger partial charge in [-0.05, 0) is 23.7 Å². The summed E-state index contributed by atoms with van der Waals surface area (Å²) < 4.78 is 1.27. The lowest BCUT2D eigenvalue weighted by atomic mass is 10.3. The first-order valence-corrected chi connectivity index (χ1v) is 5.97. The lowest BCUT2D eigenvalue weighted by Crippen LogP contribution is -2.18. The van der Waals surface area contributed by atoms with Gasteiger partial charge in [-0.1, -0.05) is 18.2 Å². The predicted molar refractivity (Wildman–Crippen MR) is 73.9 cm³/mol. The maximum Gasteiger partial charge on any atom is 0.267 e. The van der Waals surface area contributed by atoms with E-state index in [-0.39, 0.29) is 10.8 Å². The third-order valence-electron chi connectivity index (χ3n) is 2.78. The summed E-state index contributed by atoms with van der Waals surface area (Å²) in [6.07, 6.45) is 0. The number of hydrogen-bond acceptors (Lipinski definition) is 4. The lowest BCUT2D eigenvalue weighted by molar-refractivity contribution is 0.843. The minimum atomic E-state index is -0.248. The highest BCUT2D eigenvalue weighted by molar-refractivity contribution is 6.28. The van der Waals surface area contributed by atoms with Crippen LogP contribution in [0.25, 0.3) is 11.0 Å². The van der Waals surface area contributed by atoms with Crippen LogP contribution in [0.15, 0.2) is 35.1 Å². The van der Waals surface area contributed by atoms with Gasteiger partial charge in [-0.15, -0.1) is 0 Å². The van der Waals surface area contributed by atoms with E-state index >= 15 is 0 Å². The zero-order valence-corrected chi connectivity index (χ0v) is 10.8. The Hall–Kier alpha value is -2.34. The molecule has 0 aliphatic rings. The van der Waals surface area contributed by atoms with Gasteiger partial charge < -0.3 is 5.32 Å². The Kier molecular flexibility index (Phi) is 2.72. The number of aromatic nitrogens is 4. The van der Waals surface area contributed by atoms with Crippen LogP contribution in [-0.4, -0.2) is 19.7 Å². The van der Waals surface area contributed by atoms with Crippen molar-refractivity contribution in [1.29, 1.82) is 0 Å². The first kappa shape index (κ1) is 11.7. The van der Waals surface area contributed by atoms with E-state index < -0.39 is 0 Å². The van der Waals surface area contributed by atoms with Crippen LogP contribution in [0.2, 0.25) is 5.28 Å². The fraction of sp³-hybridized carbons (Fsp3) is 0.0833. The second kappa shape index (κ2) is 4.40. The van der Waals surface area contributed by atoms with Crippen LogP contribution in [0.1, 0.15) is 0 Å². The number of anilines is 2. The molecule has 0 bridgehead atoms. The number of para-hydroxylation sites is 1. The third kappa shape index (κ3) is 1.96. The number of aromatic amines is 1. The molecule has 2 aromatic heterocycles. The van der Waals surface area contributed by atoms with Crippen LogP contribution >= 0.6 is 11.6 Å². The quantitative estimate of drug-likeness (QED) is 0.702. The van der Waals surface area contributed by atoms with Crippen LogP contribution in [0.3, 0.4) is 0 Å². The van der Waals surface area contributed by atoms with Gasteiger partial charge in [-0.25, -0.2) is 0 Å². The molecule has 0 atom stereocenters. The molecule has 2 N–H and O–H groups in total. The van der Waals surface area contributed by atoms with E-state index in [9.17, 15) is 4.79 Å². The van der Waals surface area contributed by atoms with Crippen LogP contribution in [-0.2, 0) is 7.05 Å². The molecule has 0 spiro atoms. The number of rotatable bonds is 2. The van der Waals surface area contributed by atoms with E-state index in [1.807, 2.05) is 30.3 Å². The normalized spacial score (nSPS) is 10.8. The van der Waals surface area contributed by atoms with E-state index in [4.69, 9.17) is 11.6 Å². The molecular weight excluding hydrogens is 266 g/mol. The molecule has 0 saturated heterocycles. The van der Waals surface area contributed by atoms with E-state index in [0.717, 1.165) is 5.69 Å². The molecule has 3 rings (SSSR count). The van der Waals surface area contributed by atoms with Crippen LogP contribution in [0, 0.1) is 0 Å². The second-order valence-corrected chi connectivity index (χ2v) is 4.37. The molecule has 0 aliphatic carbocycles. The molecule has 0 saturated carbocycles. The Bertz CT molecular complexity index is 793. The largest absolute Gasteiger partial charge is 0.340 e. The van der Waals surface area contributed by atoms with Crippen molar-refractivity contribution in [3.05, 3.63) is 46.0 Å². The minimum Gasteiger partial charge on any atom is -0.340 e. The number of nitrogens with one attached hydrogen (secondary N) is 2. The molecule has 19 heavy (non-hydrogen) atoms. The zero-order chi connectivity index (χ0) is 13.4. The Morgan fingerprint density at radius 3 is 2.79 bits per heavy atom. The molecule has 0 unspecified atom stereocenters. The first-order valence-electron chi connectivity index (χ1n) is 5.59. The van der Waals surface area contributed by atoms with Gasteiger partial charge >= 0.3 is 0 Å². The van der Waals surface area contributed by atoms with Crippen molar-refractivity contribution in [3.63, 3.8) is 0 Å². The van der Waals surface area contributed by atoms with Crippen molar-refractivity contribution in [2.45, 2.75) is 0 Å². The van der Waals surface area contributed by atoms with Crippen LogP contribution < -0.4 is 10.9 Å². The van der Waals surface area contributed by atoms with Gasteiger partial charge in [0.2, 0.25) is 5.28 Å². The summed E-state index contributed by atoms with van der Waals surface area (Å²) in [5.41, 5.74) is 0.902. The standard InChI is InChI=1S/C12H10ClN5O/c1-18-11(19)8-9(14-7-5-3-2-4-6-7)16-17-10(8)15-12(18)13/h2-6H,1H3,(H2,14,16,17). The van der Waals surface area contributed by atoms with Gasteiger partial charge in [-0.3, -0.25) is 14.5 Å². The molecule has 0 aliphatic heterocycles. The monoisotopic (exact) mass is 275 g/mol. The second-order valence-electron chi connectivity index (χ2n) is 4.03. The van der Waals surface area contributed by atoms with Crippen molar-refractivity contribution >= 4 is 34.1 Å². The van der Waals surface area contributed by atoms with Gasteiger partial charge in [0.05, 0.1) is 0 Å². The van der Waals surface area contributed by atoms with Crippen LogP contribution in [0.4, 0.5) is 11.5 Å². The molecule has 3 aromatic rings. The Labute approximate surface area is 113 Å². The molecule has 0 fully saturated rings. The van der Waals surface area contributed by atoms with Crippen molar-refractivity contribution in [3.8, 4) is 0 Å². The summed E-state index contributed by atoms with van der Waals surface area (Å²) in [7, 11) is 1.57. The van der Waals surface area contributed by atoms with Gasteiger partial charge in [-0.2, -0.15) is 10.1 Å². The molecule has 7 heteroatoms. The Morgan fingerprint density at radius 2 is 2.05 bits per heavy atom. The molecule has 6 nitrogen and oxygen atoms in total. The van der Waals surface area contributed by atoms with Gasteiger partial charge in [0.1, 0.15) is 11.2 Å². The summed E-state index contributed by atoms with van der Waals surface area (Å²) in [4.78, 5) is 16.2. The summed E-state index contributed by atoms with van der Waals surface area (Å²) in [5, 5.41) is 10.3. The Balaban J connectivity index is 2.16. The average molecular weight is 276 g/mol. The fourth-order valence-electron chi connectivity index (χ4n) is 1.79. The molecule has 0 radical (unpaired) electrons. The number of benzene rings is 1. The van der Waals surface area contributed by atoms with Gasteiger partial charge in [0, 0.05) is 12.7 Å². The van der Waals surface area contributed by atoms with E-state index in [2.05, 4.69) is 20.5 Å². The summed E-state index contributed by atoms with van der Waals surface area (Å²) in [6, 6.07) is 9.49. The molecule has 1 aromatic carbocycles. The maximum absolute atomic E-state index is 12.2. The minimum absolute atomic E-state index is 0.107. The SMILES string of the molecule is Cn1c(Cl)nc2n[nH]c(Nc3ccccc3)c2c1=O. The van der Waals surface area contributed by atoms with Crippen molar-refractivity contribution < 1.29 is 0 Å². The van der Waals surface area contributed by atoms with Gasteiger partial charge in [0.15, 0.2) is 5.65 Å². The summed E-state index contributed by atoms with van der Waals surface area (Å²) >= 11 is 5.84. The number of H-pyrrole nitrogens is 1. The molecule has 96 valence electrons. The van der Waals surface area contributed by atoms with E-state index in [1.54, 1.807) is 7.05 Å². The number of hydrogen-bond donors (Lipinski definition) is 2. The van der Waals surface area contributed by atoms with Gasteiger partial charge in [0.25, 0.3) is 5.56 Å². The lowest BCUT2D eigenvalue weighted by Gasteiger charge is -2.04. The van der Waals surface area contributed by atoms with Crippen molar-refractivity contribution in [1.82, 2.24) is 19.7 Å². The Morgan fingerprint density at radius 1 is 1.32 bits per heavy atom. The topological polar surface area (TPSA) is 75.6 Å². The maximum atomic E-state index is 12.2. The van der Waals surface area contributed by atoms with E-state index in [1.165, 1.54) is 4.57 Å². The van der Waals surface area contributed by atoms with E-state index in [0.29, 0.717) is 16.9 Å². The van der Waals surface area contributed by atoms with Crippen molar-refractivity contribution in [2.75, 3.05) is 5.32 Å². The summed E-state index contributed by atoms with van der Waals surface area (Å²) in [6.45, 7) is 0. The first-order chi connectivity index (χ1) is 9.16. The zero-order valence-electron chi connectivity index (χ0n) is 10.0. The summed E-state index contributed by atoms with van der Waals surface area (Å²) in [5.74, 6) is 0.506. The van der Waals surface area contributed by atoms with Crippen molar-refractivity contribution in [2.24, 2.45) is 7.05 Å². The number of nitrogens with zero attached hydrogens (tertiary/aromatic N) is 3. The smallest absolute Gasteiger partial charge is 0.267 e. The highest BCUT2D eigenvalue weighted by Gasteiger charge is 2.14. The fourth-order valence-corrected chi connectivity index (χ4v) is 1.94. The van der Waals surface area contributed by atoms with Crippen LogP contribution in [0.5, 0.6) is 0 Å². The molecule has 2 heterocycles. The molecule has 0 amide bonds. The highest BCUT2D eigenvalue weighted by Crippen LogP contribution is 2.20. The average Bonchev–Trinajstić information content (AvgIpc) is 2.80. The third-order valence-corrected chi connectivity index (χ3v) is 3.12. The molecular formula is C12H10ClN5O. The number of halogens is 1. The number of fused-ring (bicyclic) bond motifs is 1.